The molecule has 0 aliphatic carbocycles. The highest BCUT2D eigenvalue weighted by atomic mass is 19.4. The van der Waals surface area contributed by atoms with Crippen LogP contribution in [0.4, 0.5) is 97.9 Å². The van der Waals surface area contributed by atoms with Crippen molar-refractivity contribution >= 4 is 29.4 Å². The lowest BCUT2D eigenvalue weighted by Gasteiger charge is -2.35. The summed E-state index contributed by atoms with van der Waals surface area (Å²) in [6.45, 7) is 6.92. The zero-order valence-electron chi connectivity index (χ0n) is 44.1. The van der Waals surface area contributed by atoms with Crippen LogP contribution in [0.2, 0.25) is 0 Å². The van der Waals surface area contributed by atoms with Gasteiger partial charge in [-0.1, -0.05) is 43.8 Å². The molecule has 1 unspecified atom stereocenters. The maximum atomic E-state index is 15.2. The topological polar surface area (TPSA) is 72.9 Å². The summed E-state index contributed by atoms with van der Waals surface area (Å²) < 4.78 is 310. The molecule has 0 fully saturated rings. The van der Waals surface area contributed by atoms with Crippen molar-refractivity contribution in [3.8, 4) is 50.6 Å². The lowest BCUT2D eigenvalue weighted by molar-refractivity contribution is -0.173. The van der Waals surface area contributed by atoms with Crippen molar-refractivity contribution in [1.29, 1.82) is 0 Å². The second-order valence-electron chi connectivity index (χ2n) is 19.9. The molecule has 0 radical (unpaired) electrons. The highest BCUT2D eigenvalue weighted by Gasteiger charge is 2.45. The monoisotopic (exact) mass is 1250 g/mol. The Morgan fingerprint density at radius 1 is 0.540 bits per heavy atom. The number of hydrogen-bond acceptors (Lipinski definition) is 5. The Labute approximate surface area is 477 Å². The first kappa shape index (κ1) is 64.2. The molecule has 1 aliphatic rings. The van der Waals surface area contributed by atoms with Gasteiger partial charge in [0.1, 0.15) is 17.2 Å². The van der Waals surface area contributed by atoms with Crippen molar-refractivity contribution in [2.24, 2.45) is 5.92 Å². The van der Waals surface area contributed by atoms with Crippen LogP contribution in [0.15, 0.2) is 128 Å². The summed E-state index contributed by atoms with van der Waals surface area (Å²) in [5.74, 6) is -6.56. The molecule has 1 heterocycles. The predicted molar refractivity (Wildman–Crippen MR) is 271 cm³/mol. The average Bonchev–Trinajstić information content (AvgIpc) is 0.758. The summed E-state index contributed by atoms with van der Waals surface area (Å²) >= 11 is 0. The molecule has 0 saturated carbocycles. The minimum Gasteiger partial charge on any atom is -0.455 e. The van der Waals surface area contributed by atoms with Gasteiger partial charge in [0.2, 0.25) is 0 Å². The molecule has 2 atom stereocenters. The molecule has 27 heteroatoms. The number of esters is 1. The Balaban J connectivity index is 1.24. The van der Waals surface area contributed by atoms with Gasteiger partial charge in [-0.3, -0.25) is 14.4 Å². The van der Waals surface area contributed by atoms with Crippen LogP contribution in [0.3, 0.4) is 0 Å². The molecule has 458 valence electrons. The fourth-order valence-corrected chi connectivity index (χ4v) is 9.61. The Hall–Kier alpha value is -8.78. The molecule has 7 aromatic rings. The summed E-state index contributed by atoms with van der Waals surface area (Å²) in [5.41, 5.74) is -19.6. The Morgan fingerprint density at radius 3 is 1.33 bits per heavy atom. The SMILES string of the molecule is C=C1c2ccccc2Oc2c(-c3cc(C(F)(F)F)cc(C(F)(F)F)c3)cc(C(=O)N(c3ccc(CC(=O)Oc4cc(-c5cc(C(F)(F)F)cc(C(F)(F)F)c5)c(C=O)c(-c5cc(C(F)(F)F)cc(C(F)(F)F)c5)c4)cc3)[C@H](C)C(C)C(F)(F)F)c(C)c21. The second-order valence-corrected chi connectivity index (χ2v) is 19.9. The number of benzene rings is 7. The lowest BCUT2D eigenvalue weighted by atomic mass is 9.84. The van der Waals surface area contributed by atoms with Crippen LogP contribution in [0.1, 0.15) is 90.2 Å². The van der Waals surface area contributed by atoms with E-state index in [9.17, 15) is 102 Å². The summed E-state index contributed by atoms with van der Waals surface area (Å²) in [7, 11) is 0. The summed E-state index contributed by atoms with van der Waals surface area (Å²) in [4.78, 5) is 42.2. The summed E-state index contributed by atoms with van der Waals surface area (Å²) in [5, 5.41) is 0. The van der Waals surface area contributed by atoms with Crippen LogP contribution in [-0.2, 0) is 48.3 Å². The van der Waals surface area contributed by atoms with Gasteiger partial charge in [0.15, 0.2) is 6.29 Å². The number of fused-ring (bicyclic) bond motifs is 2. The smallest absolute Gasteiger partial charge is 0.416 e. The number of rotatable bonds is 11. The molecule has 0 aromatic heterocycles. The van der Waals surface area contributed by atoms with E-state index in [1.807, 2.05) is 0 Å². The number of anilines is 1. The Kier molecular flexibility index (Phi) is 16.6. The van der Waals surface area contributed by atoms with E-state index in [0.29, 0.717) is 36.1 Å². The minimum atomic E-state index is -5.55. The van der Waals surface area contributed by atoms with Crippen molar-refractivity contribution in [1.82, 2.24) is 0 Å². The summed E-state index contributed by atoms with van der Waals surface area (Å²) in [6, 6.07) is 9.79. The molecule has 1 aliphatic heterocycles. The maximum Gasteiger partial charge on any atom is 0.416 e. The normalized spacial score (nSPS) is 14.0. The number of nitrogens with zero attached hydrogens (tertiary/aromatic N) is 1. The third-order valence-corrected chi connectivity index (χ3v) is 14.1. The van der Waals surface area contributed by atoms with E-state index in [1.54, 1.807) is 0 Å². The van der Waals surface area contributed by atoms with E-state index in [-0.39, 0.29) is 88.1 Å². The van der Waals surface area contributed by atoms with Gasteiger partial charge in [0.05, 0.1) is 45.7 Å². The van der Waals surface area contributed by atoms with E-state index in [0.717, 1.165) is 37.3 Å². The molecule has 0 saturated heterocycles. The number of carbonyl (C=O) groups is 3. The average molecular weight is 1250 g/mol. The van der Waals surface area contributed by atoms with Crippen LogP contribution in [-0.4, -0.2) is 30.4 Å². The van der Waals surface area contributed by atoms with Gasteiger partial charge in [-0.15, -0.1) is 0 Å². The number of hydrogen-bond donors (Lipinski definition) is 0. The van der Waals surface area contributed by atoms with E-state index in [2.05, 4.69) is 6.58 Å². The van der Waals surface area contributed by atoms with Crippen molar-refractivity contribution in [2.75, 3.05) is 4.90 Å². The van der Waals surface area contributed by atoms with Gasteiger partial charge in [0.25, 0.3) is 5.91 Å². The van der Waals surface area contributed by atoms with Gasteiger partial charge < -0.3 is 14.4 Å². The van der Waals surface area contributed by atoms with Crippen LogP contribution >= 0.6 is 0 Å². The lowest BCUT2D eigenvalue weighted by Crippen LogP contribution is -2.47. The molecule has 7 aromatic carbocycles. The molecule has 0 bridgehead atoms. The second kappa shape index (κ2) is 22.5. The van der Waals surface area contributed by atoms with Crippen molar-refractivity contribution in [3.63, 3.8) is 0 Å². The van der Waals surface area contributed by atoms with Crippen LogP contribution < -0.4 is 14.4 Å². The molecular formula is C60H36F21NO5. The number of aldehydes is 1. The minimum absolute atomic E-state index is 0.0207. The number of carbonyl (C=O) groups excluding carboxylic acids is 3. The molecule has 8 rings (SSSR count). The Bertz CT molecular complexity index is 3690. The van der Waals surface area contributed by atoms with Crippen molar-refractivity contribution in [2.45, 2.75) is 76.5 Å². The predicted octanol–water partition coefficient (Wildman–Crippen LogP) is 19.5. The zero-order chi connectivity index (χ0) is 64.6. The first-order valence-electron chi connectivity index (χ1n) is 24.8. The van der Waals surface area contributed by atoms with Crippen LogP contribution in [0.5, 0.6) is 17.2 Å². The standard InChI is InChI=1S/C60H36F21NO5/c1-27-43-7-5-6-8-49(43)87-52-47(34-18-39(59(76,77)78)22-40(19-34)60(79,80)81)25-44(28(2)51(27)52)53(85)82(30(4)29(3)54(61,62)63)41-11-9-31(10-12-41)13-50(84)86-42-23-45(32-14-35(55(64,65)66)20-36(15-32)56(67,68)69)48(26-83)46(24-42)33-16-37(57(70,71)72)21-38(17-33)58(73,74)75/h5-12,14-26,29-30H,1,13H2,2-4H3/t29?,30-/m1/s1. The molecule has 6 nitrogen and oxygen atoms in total. The third kappa shape index (κ3) is 13.5. The highest BCUT2D eigenvalue weighted by molar-refractivity contribution is 6.10. The van der Waals surface area contributed by atoms with Gasteiger partial charge in [-0.25, -0.2) is 0 Å². The van der Waals surface area contributed by atoms with Gasteiger partial charge >= 0.3 is 49.2 Å². The maximum absolute atomic E-state index is 15.2. The quantitative estimate of drug-likeness (QED) is 0.0558. The molecule has 0 N–H and O–H groups in total. The van der Waals surface area contributed by atoms with Crippen molar-refractivity contribution < 1.29 is 116 Å². The number of para-hydroxylation sites is 1. The number of amides is 1. The zero-order valence-corrected chi connectivity index (χ0v) is 44.1. The number of halogens is 21. The molecule has 0 spiro atoms. The van der Waals surface area contributed by atoms with Crippen LogP contribution in [0, 0.1) is 12.8 Å². The van der Waals surface area contributed by atoms with E-state index < -0.39 is 163 Å². The van der Waals surface area contributed by atoms with Crippen molar-refractivity contribution in [3.05, 3.63) is 195 Å². The summed E-state index contributed by atoms with van der Waals surface area (Å²) in [6.07, 6.45) is -39.3. The van der Waals surface area contributed by atoms with E-state index >= 15 is 4.79 Å². The Morgan fingerprint density at radius 2 is 0.943 bits per heavy atom. The molecule has 1 amide bonds. The van der Waals surface area contributed by atoms with Gasteiger partial charge in [-0.2, -0.15) is 92.2 Å². The van der Waals surface area contributed by atoms with Gasteiger partial charge in [0, 0.05) is 39.5 Å². The van der Waals surface area contributed by atoms with Crippen LogP contribution in [0.25, 0.3) is 39.0 Å². The first-order valence-corrected chi connectivity index (χ1v) is 24.8. The number of alkyl halides is 21. The fourth-order valence-electron chi connectivity index (χ4n) is 9.61. The van der Waals surface area contributed by atoms with Gasteiger partial charge in [-0.05, 0) is 149 Å². The van der Waals surface area contributed by atoms with E-state index in [4.69, 9.17) is 9.47 Å². The highest BCUT2D eigenvalue weighted by Crippen LogP contribution is 2.52. The fraction of sp³-hybridized carbons (Fsp3) is 0.217. The molecule has 87 heavy (non-hydrogen) atoms. The third-order valence-electron chi connectivity index (χ3n) is 14.1. The van der Waals surface area contributed by atoms with E-state index in [1.165, 1.54) is 31.2 Å². The first-order chi connectivity index (χ1) is 40.0. The largest absolute Gasteiger partial charge is 0.455 e. The number of ether oxygens (including phenoxy) is 2. The molecular weight excluding hydrogens is 1210 g/mol.